The molecule has 0 amide bonds. The van der Waals surface area contributed by atoms with E-state index in [1.54, 1.807) is 0 Å². The predicted molar refractivity (Wildman–Crippen MR) is 97.3 cm³/mol. The number of hydrogen-bond donors (Lipinski definition) is 1. The van der Waals surface area contributed by atoms with Gasteiger partial charge in [-0.15, -0.1) is 0 Å². The SMILES string of the molecule is Cc1cccc([C@H](C#Cc2ccccc2)Nc2ccccc2)c1. The molecule has 0 saturated heterocycles. The fraction of sp³-hybridized carbons (Fsp3) is 0.0909. The molecule has 0 saturated carbocycles. The molecule has 0 aliphatic carbocycles. The molecule has 1 atom stereocenters. The van der Waals surface area contributed by atoms with Crippen molar-refractivity contribution in [2.24, 2.45) is 0 Å². The summed E-state index contributed by atoms with van der Waals surface area (Å²) in [6.07, 6.45) is 0. The Bertz CT molecular complexity index is 811. The monoisotopic (exact) mass is 297 g/mol. The largest absolute Gasteiger partial charge is 0.368 e. The lowest BCUT2D eigenvalue weighted by molar-refractivity contribution is 1.02. The maximum atomic E-state index is 3.52. The minimum atomic E-state index is -0.0440. The maximum Gasteiger partial charge on any atom is 0.114 e. The summed E-state index contributed by atoms with van der Waals surface area (Å²) >= 11 is 0. The van der Waals surface area contributed by atoms with Gasteiger partial charge >= 0.3 is 0 Å². The molecule has 0 fully saturated rings. The number of para-hydroxylation sites is 1. The van der Waals surface area contributed by atoms with Crippen LogP contribution in [0.15, 0.2) is 84.9 Å². The van der Waals surface area contributed by atoms with Crippen LogP contribution in [-0.4, -0.2) is 0 Å². The molecule has 0 heterocycles. The van der Waals surface area contributed by atoms with E-state index in [0.717, 1.165) is 11.3 Å². The van der Waals surface area contributed by atoms with E-state index in [0.29, 0.717) is 0 Å². The van der Waals surface area contributed by atoms with Crippen LogP contribution in [0.3, 0.4) is 0 Å². The lowest BCUT2D eigenvalue weighted by Gasteiger charge is -2.15. The van der Waals surface area contributed by atoms with Gasteiger partial charge in [0.2, 0.25) is 0 Å². The third-order valence-electron chi connectivity index (χ3n) is 3.59. The third-order valence-corrected chi connectivity index (χ3v) is 3.59. The van der Waals surface area contributed by atoms with Crippen molar-refractivity contribution in [2.75, 3.05) is 5.32 Å². The Balaban J connectivity index is 1.92. The molecule has 1 nitrogen and oxygen atoms in total. The quantitative estimate of drug-likeness (QED) is 0.655. The zero-order valence-corrected chi connectivity index (χ0v) is 13.2. The van der Waals surface area contributed by atoms with E-state index >= 15 is 0 Å². The van der Waals surface area contributed by atoms with Gasteiger partial charge in [0, 0.05) is 11.3 Å². The molecule has 0 spiro atoms. The first-order chi connectivity index (χ1) is 11.3. The highest BCUT2D eigenvalue weighted by atomic mass is 14.9. The summed E-state index contributed by atoms with van der Waals surface area (Å²) < 4.78 is 0. The van der Waals surface area contributed by atoms with E-state index in [2.05, 4.69) is 60.5 Å². The van der Waals surface area contributed by atoms with Crippen molar-refractivity contribution >= 4 is 5.69 Å². The van der Waals surface area contributed by atoms with Crippen molar-refractivity contribution < 1.29 is 0 Å². The molecule has 0 unspecified atom stereocenters. The number of rotatable bonds is 3. The lowest BCUT2D eigenvalue weighted by Crippen LogP contribution is -2.08. The molecule has 112 valence electrons. The standard InChI is InChI=1S/C22H19N/c1-18-9-8-12-20(17-18)22(23-21-13-6-3-7-14-21)16-15-19-10-4-2-5-11-19/h2-14,17,22-23H,1H3/t22-/m0/s1. The second-order valence-corrected chi connectivity index (χ2v) is 5.49. The summed E-state index contributed by atoms with van der Waals surface area (Å²) in [7, 11) is 0. The summed E-state index contributed by atoms with van der Waals surface area (Å²) in [5.41, 5.74) is 4.52. The van der Waals surface area contributed by atoms with Crippen LogP contribution in [0.1, 0.15) is 22.7 Å². The molecule has 3 aromatic carbocycles. The van der Waals surface area contributed by atoms with Crippen molar-refractivity contribution in [3.8, 4) is 11.8 Å². The smallest absolute Gasteiger partial charge is 0.114 e. The van der Waals surface area contributed by atoms with Crippen LogP contribution in [0.5, 0.6) is 0 Å². The van der Waals surface area contributed by atoms with Gasteiger partial charge in [-0.2, -0.15) is 0 Å². The highest BCUT2D eigenvalue weighted by molar-refractivity contribution is 5.49. The molecule has 0 bridgehead atoms. The van der Waals surface area contributed by atoms with Crippen LogP contribution in [0.2, 0.25) is 0 Å². The Morgan fingerprint density at radius 3 is 2.17 bits per heavy atom. The van der Waals surface area contributed by atoms with Crippen LogP contribution in [0.4, 0.5) is 5.69 Å². The highest BCUT2D eigenvalue weighted by Crippen LogP contribution is 2.20. The molecule has 0 aliphatic heterocycles. The van der Waals surface area contributed by atoms with Crippen molar-refractivity contribution in [1.82, 2.24) is 0 Å². The second kappa shape index (κ2) is 7.33. The topological polar surface area (TPSA) is 12.0 Å². The zero-order chi connectivity index (χ0) is 15.9. The minimum Gasteiger partial charge on any atom is -0.368 e. The van der Waals surface area contributed by atoms with Crippen LogP contribution < -0.4 is 5.32 Å². The van der Waals surface area contributed by atoms with E-state index < -0.39 is 0 Å². The Morgan fingerprint density at radius 2 is 1.48 bits per heavy atom. The third kappa shape index (κ3) is 4.25. The van der Waals surface area contributed by atoms with Gasteiger partial charge in [-0.3, -0.25) is 0 Å². The predicted octanol–water partition coefficient (Wildman–Crippen LogP) is 5.20. The Morgan fingerprint density at radius 1 is 0.783 bits per heavy atom. The average molecular weight is 297 g/mol. The molecular weight excluding hydrogens is 278 g/mol. The average Bonchev–Trinajstić information content (AvgIpc) is 2.60. The van der Waals surface area contributed by atoms with Crippen molar-refractivity contribution in [3.05, 3.63) is 102 Å². The molecule has 0 aliphatic rings. The molecule has 1 N–H and O–H groups in total. The summed E-state index contributed by atoms with van der Waals surface area (Å²) in [5.74, 6) is 6.64. The van der Waals surface area contributed by atoms with Crippen molar-refractivity contribution in [3.63, 3.8) is 0 Å². The second-order valence-electron chi connectivity index (χ2n) is 5.49. The number of aryl methyl sites for hydroxylation is 1. The first-order valence-corrected chi connectivity index (χ1v) is 7.76. The van der Waals surface area contributed by atoms with Crippen LogP contribution in [0, 0.1) is 18.8 Å². The summed E-state index contributed by atoms with van der Waals surface area (Å²) in [6, 6.07) is 28.7. The summed E-state index contributed by atoms with van der Waals surface area (Å²) in [5, 5.41) is 3.52. The number of hydrogen-bond acceptors (Lipinski definition) is 1. The lowest BCUT2D eigenvalue weighted by atomic mass is 10.0. The molecule has 0 radical (unpaired) electrons. The summed E-state index contributed by atoms with van der Waals surface area (Å²) in [4.78, 5) is 0. The molecular formula is C22H19N. The zero-order valence-electron chi connectivity index (χ0n) is 13.2. The number of anilines is 1. The van der Waals surface area contributed by atoms with Crippen LogP contribution in [-0.2, 0) is 0 Å². The first kappa shape index (κ1) is 14.9. The van der Waals surface area contributed by atoms with E-state index in [1.807, 2.05) is 48.5 Å². The molecule has 23 heavy (non-hydrogen) atoms. The van der Waals surface area contributed by atoms with Crippen molar-refractivity contribution in [1.29, 1.82) is 0 Å². The van der Waals surface area contributed by atoms with Gasteiger partial charge in [0.1, 0.15) is 6.04 Å². The fourth-order valence-corrected chi connectivity index (χ4v) is 2.43. The van der Waals surface area contributed by atoms with Gasteiger partial charge in [0.25, 0.3) is 0 Å². The molecule has 3 aromatic rings. The summed E-state index contributed by atoms with van der Waals surface area (Å²) in [6.45, 7) is 2.10. The van der Waals surface area contributed by atoms with Gasteiger partial charge in [-0.1, -0.05) is 78.1 Å². The van der Waals surface area contributed by atoms with Gasteiger partial charge in [-0.25, -0.2) is 0 Å². The van der Waals surface area contributed by atoms with Gasteiger partial charge in [-0.05, 0) is 36.8 Å². The molecule has 0 aromatic heterocycles. The number of nitrogens with one attached hydrogen (secondary N) is 1. The van der Waals surface area contributed by atoms with Crippen molar-refractivity contribution in [2.45, 2.75) is 13.0 Å². The van der Waals surface area contributed by atoms with Gasteiger partial charge < -0.3 is 5.32 Å². The van der Waals surface area contributed by atoms with E-state index in [-0.39, 0.29) is 6.04 Å². The Labute approximate surface area is 138 Å². The minimum absolute atomic E-state index is 0.0440. The van der Waals surface area contributed by atoms with E-state index in [1.165, 1.54) is 11.1 Å². The number of benzene rings is 3. The normalized spacial score (nSPS) is 11.2. The van der Waals surface area contributed by atoms with E-state index in [4.69, 9.17) is 0 Å². The van der Waals surface area contributed by atoms with Crippen LogP contribution >= 0.6 is 0 Å². The molecule has 1 heteroatoms. The first-order valence-electron chi connectivity index (χ1n) is 7.76. The maximum absolute atomic E-state index is 3.52. The van der Waals surface area contributed by atoms with Gasteiger partial charge in [0.05, 0.1) is 0 Å². The molecule has 3 rings (SSSR count). The Hall–Kier alpha value is -2.98. The van der Waals surface area contributed by atoms with E-state index in [9.17, 15) is 0 Å². The Kier molecular flexibility index (Phi) is 4.76. The van der Waals surface area contributed by atoms with Gasteiger partial charge in [0.15, 0.2) is 0 Å². The fourth-order valence-electron chi connectivity index (χ4n) is 2.43. The highest BCUT2D eigenvalue weighted by Gasteiger charge is 2.08. The van der Waals surface area contributed by atoms with Crippen LogP contribution in [0.25, 0.3) is 0 Å².